The van der Waals surface area contributed by atoms with Crippen molar-refractivity contribution in [3.05, 3.63) is 24.0 Å². The molecular weight excluding hydrogens is 273 g/mol. The van der Waals surface area contributed by atoms with Gasteiger partial charge in [0.05, 0.1) is 6.20 Å². The molecule has 0 aromatic carbocycles. The van der Waals surface area contributed by atoms with Crippen LogP contribution in [0.2, 0.25) is 0 Å². The van der Waals surface area contributed by atoms with Gasteiger partial charge < -0.3 is 11.1 Å². The smallest absolute Gasteiger partial charge is 0.157 e. The third-order valence-electron chi connectivity index (χ3n) is 3.01. The molecule has 1 aliphatic rings. The number of rotatable bonds is 2. The Kier molecular flexibility index (Phi) is 4.78. The normalized spacial score (nSPS) is 21.7. The predicted octanol–water partition coefficient (Wildman–Crippen LogP) is 1.78. The van der Waals surface area contributed by atoms with E-state index in [1.165, 1.54) is 0 Å². The number of aromatic nitrogens is 3. The summed E-state index contributed by atoms with van der Waals surface area (Å²) < 4.78 is 1.83. The lowest BCUT2D eigenvalue weighted by Gasteiger charge is -2.33. The summed E-state index contributed by atoms with van der Waals surface area (Å²) in [5, 5.41) is 7.71. The van der Waals surface area contributed by atoms with Crippen LogP contribution >= 0.6 is 24.8 Å². The van der Waals surface area contributed by atoms with Crippen LogP contribution in [0.1, 0.15) is 18.5 Å². The van der Waals surface area contributed by atoms with Crippen molar-refractivity contribution >= 4 is 36.3 Å². The highest BCUT2D eigenvalue weighted by Gasteiger charge is 2.26. The molecule has 0 aliphatic heterocycles. The fourth-order valence-electron chi connectivity index (χ4n) is 2.13. The molecule has 0 spiro atoms. The van der Waals surface area contributed by atoms with Gasteiger partial charge >= 0.3 is 0 Å². The summed E-state index contributed by atoms with van der Waals surface area (Å²) in [6.07, 6.45) is 3.83. The quantitative estimate of drug-likeness (QED) is 0.884. The Hall–Kier alpha value is -1.04. The van der Waals surface area contributed by atoms with Crippen LogP contribution in [0.4, 0.5) is 5.82 Å². The van der Waals surface area contributed by atoms with Crippen LogP contribution < -0.4 is 11.1 Å². The monoisotopic (exact) mass is 289 g/mol. The first-order valence-electron chi connectivity index (χ1n) is 5.56. The molecule has 0 saturated heterocycles. The SMILES string of the molecule is Cc1cc(NC2CC(N)C2)n2nccc2n1.Cl.Cl. The number of hydrogen-bond donors (Lipinski definition) is 2. The molecule has 0 bridgehead atoms. The predicted molar refractivity (Wildman–Crippen MR) is 76.8 cm³/mol. The first-order chi connectivity index (χ1) is 7.72. The van der Waals surface area contributed by atoms with Crippen molar-refractivity contribution in [3.63, 3.8) is 0 Å². The largest absolute Gasteiger partial charge is 0.367 e. The third-order valence-corrected chi connectivity index (χ3v) is 3.01. The Morgan fingerprint density at radius 3 is 2.78 bits per heavy atom. The Bertz CT molecular complexity index is 521. The molecule has 0 amide bonds. The van der Waals surface area contributed by atoms with Crippen molar-refractivity contribution in [2.75, 3.05) is 5.32 Å². The van der Waals surface area contributed by atoms with E-state index in [1.807, 2.05) is 23.6 Å². The molecule has 1 aliphatic carbocycles. The minimum Gasteiger partial charge on any atom is -0.367 e. The number of hydrogen-bond acceptors (Lipinski definition) is 4. The first-order valence-corrected chi connectivity index (χ1v) is 5.56. The van der Waals surface area contributed by atoms with Crippen molar-refractivity contribution in [1.82, 2.24) is 14.6 Å². The summed E-state index contributed by atoms with van der Waals surface area (Å²) in [7, 11) is 0. The average molecular weight is 290 g/mol. The van der Waals surface area contributed by atoms with E-state index in [0.29, 0.717) is 12.1 Å². The molecule has 2 aromatic heterocycles. The van der Waals surface area contributed by atoms with Crippen LogP contribution in [0.3, 0.4) is 0 Å². The van der Waals surface area contributed by atoms with E-state index in [1.54, 1.807) is 6.20 Å². The van der Waals surface area contributed by atoms with Crippen LogP contribution in [0.25, 0.3) is 5.65 Å². The summed E-state index contributed by atoms with van der Waals surface area (Å²) >= 11 is 0. The second-order valence-corrected chi connectivity index (χ2v) is 4.46. The molecular formula is C11H17Cl2N5. The van der Waals surface area contributed by atoms with Gasteiger partial charge in [0.25, 0.3) is 0 Å². The summed E-state index contributed by atoms with van der Waals surface area (Å²) in [5.41, 5.74) is 7.65. The van der Waals surface area contributed by atoms with Crippen LogP contribution in [-0.4, -0.2) is 26.7 Å². The molecule has 1 fully saturated rings. The van der Waals surface area contributed by atoms with Gasteiger partial charge in [0.1, 0.15) is 5.82 Å². The summed E-state index contributed by atoms with van der Waals surface area (Å²) in [6, 6.07) is 4.76. The molecule has 2 aromatic rings. The van der Waals surface area contributed by atoms with Gasteiger partial charge in [0.2, 0.25) is 0 Å². The Morgan fingerprint density at radius 1 is 1.39 bits per heavy atom. The Labute approximate surface area is 118 Å². The number of halogens is 2. The van der Waals surface area contributed by atoms with Crippen molar-refractivity contribution in [2.45, 2.75) is 31.8 Å². The number of aryl methyl sites for hydroxylation is 1. The Balaban J connectivity index is 0.000000810. The van der Waals surface area contributed by atoms with Crippen LogP contribution in [0, 0.1) is 6.92 Å². The fraction of sp³-hybridized carbons (Fsp3) is 0.455. The average Bonchev–Trinajstić information content (AvgIpc) is 2.62. The van der Waals surface area contributed by atoms with E-state index in [-0.39, 0.29) is 24.8 Å². The number of anilines is 1. The maximum absolute atomic E-state index is 5.77. The van der Waals surface area contributed by atoms with Crippen molar-refractivity contribution in [3.8, 4) is 0 Å². The molecule has 7 heteroatoms. The van der Waals surface area contributed by atoms with Gasteiger partial charge in [-0.25, -0.2) is 4.98 Å². The maximum Gasteiger partial charge on any atom is 0.157 e. The molecule has 0 radical (unpaired) electrons. The number of fused-ring (bicyclic) bond motifs is 1. The van der Waals surface area contributed by atoms with Gasteiger partial charge in [0.15, 0.2) is 5.65 Å². The van der Waals surface area contributed by atoms with Gasteiger partial charge in [-0.3, -0.25) is 0 Å². The van der Waals surface area contributed by atoms with Gasteiger partial charge in [-0.15, -0.1) is 24.8 Å². The molecule has 100 valence electrons. The van der Waals surface area contributed by atoms with Gasteiger partial charge in [-0.2, -0.15) is 9.61 Å². The van der Waals surface area contributed by atoms with Crippen LogP contribution in [0.5, 0.6) is 0 Å². The third kappa shape index (κ3) is 2.68. The highest BCUT2D eigenvalue weighted by Crippen LogP contribution is 2.23. The second-order valence-electron chi connectivity index (χ2n) is 4.46. The van der Waals surface area contributed by atoms with Crippen LogP contribution in [0.15, 0.2) is 18.3 Å². The molecule has 0 atom stereocenters. The summed E-state index contributed by atoms with van der Waals surface area (Å²) in [6.45, 7) is 1.99. The van der Waals surface area contributed by atoms with Crippen LogP contribution in [-0.2, 0) is 0 Å². The van der Waals surface area contributed by atoms with Crippen molar-refractivity contribution in [1.29, 1.82) is 0 Å². The molecule has 1 saturated carbocycles. The standard InChI is InChI=1S/C11H15N5.2ClH/c1-7-4-11(15-9-5-8(12)6-9)16-10(14-7)2-3-13-16;;/h2-4,8-9,15H,5-6,12H2,1H3;2*1H. The molecule has 18 heavy (non-hydrogen) atoms. The van der Waals surface area contributed by atoms with Crippen molar-refractivity contribution in [2.24, 2.45) is 5.73 Å². The minimum atomic E-state index is 0. The molecule has 2 heterocycles. The molecule has 3 N–H and O–H groups in total. The second kappa shape index (κ2) is 5.73. The highest BCUT2D eigenvalue weighted by molar-refractivity contribution is 5.85. The fourth-order valence-corrected chi connectivity index (χ4v) is 2.13. The zero-order valence-corrected chi connectivity index (χ0v) is 11.7. The zero-order chi connectivity index (χ0) is 11.1. The van der Waals surface area contributed by atoms with E-state index in [9.17, 15) is 0 Å². The summed E-state index contributed by atoms with van der Waals surface area (Å²) in [4.78, 5) is 4.40. The lowest BCUT2D eigenvalue weighted by molar-refractivity contribution is 0.372. The molecule has 3 rings (SSSR count). The number of nitrogens with two attached hydrogens (primary N) is 1. The van der Waals surface area contributed by atoms with E-state index < -0.39 is 0 Å². The first kappa shape index (κ1) is 15.0. The van der Waals surface area contributed by atoms with Gasteiger partial charge in [0, 0.05) is 29.9 Å². The molecule has 5 nitrogen and oxygen atoms in total. The number of nitrogens with zero attached hydrogens (tertiary/aromatic N) is 3. The Morgan fingerprint density at radius 2 is 2.11 bits per heavy atom. The topological polar surface area (TPSA) is 68.2 Å². The van der Waals surface area contributed by atoms with E-state index in [2.05, 4.69) is 15.4 Å². The maximum atomic E-state index is 5.77. The summed E-state index contributed by atoms with van der Waals surface area (Å²) in [5.74, 6) is 1.00. The lowest BCUT2D eigenvalue weighted by atomic mass is 9.88. The molecule has 0 unspecified atom stereocenters. The highest BCUT2D eigenvalue weighted by atomic mass is 35.5. The van der Waals surface area contributed by atoms with E-state index in [0.717, 1.165) is 30.0 Å². The number of nitrogens with one attached hydrogen (secondary N) is 1. The zero-order valence-electron chi connectivity index (χ0n) is 10.0. The van der Waals surface area contributed by atoms with Gasteiger partial charge in [-0.05, 0) is 19.8 Å². The van der Waals surface area contributed by atoms with E-state index >= 15 is 0 Å². The van der Waals surface area contributed by atoms with Gasteiger partial charge in [-0.1, -0.05) is 0 Å². The van der Waals surface area contributed by atoms with E-state index in [4.69, 9.17) is 5.73 Å². The minimum absolute atomic E-state index is 0. The van der Waals surface area contributed by atoms with Crippen molar-refractivity contribution < 1.29 is 0 Å². The lowest BCUT2D eigenvalue weighted by Crippen LogP contribution is -2.44.